The van der Waals surface area contributed by atoms with Gasteiger partial charge in [-0.1, -0.05) is 6.92 Å². The summed E-state index contributed by atoms with van der Waals surface area (Å²) in [5.74, 6) is 0.699. The van der Waals surface area contributed by atoms with Gasteiger partial charge in [0, 0.05) is 24.2 Å². The molecule has 0 aromatic rings. The highest BCUT2D eigenvalue weighted by Gasteiger charge is 2.57. The zero-order valence-electron chi connectivity index (χ0n) is 6.02. The van der Waals surface area contributed by atoms with Gasteiger partial charge in [0.2, 0.25) is 0 Å². The van der Waals surface area contributed by atoms with Crippen molar-refractivity contribution in [1.82, 2.24) is 0 Å². The number of hydrogen-bond donors (Lipinski definition) is 0. The zero-order valence-corrected chi connectivity index (χ0v) is 6.02. The molecule has 0 unspecified atom stereocenters. The Labute approximate surface area is 59.6 Å². The number of hydrogen-bond acceptors (Lipinski definition) is 2. The van der Waals surface area contributed by atoms with E-state index in [9.17, 15) is 9.59 Å². The minimum atomic E-state index is -0.225. The van der Waals surface area contributed by atoms with Crippen LogP contribution in [0.4, 0.5) is 0 Å². The summed E-state index contributed by atoms with van der Waals surface area (Å²) in [5.41, 5.74) is -0.225. The molecule has 0 saturated heterocycles. The van der Waals surface area contributed by atoms with Gasteiger partial charge in [-0.05, 0) is 6.42 Å². The van der Waals surface area contributed by atoms with Crippen molar-refractivity contribution in [2.24, 2.45) is 11.3 Å². The molecule has 2 rings (SSSR count). The van der Waals surface area contributed by atoms with Crippen LogP contribution in [0.15, 0.2) is 0 Å². The summed E-state index contributed by atoms with van der Waals surface area (Å²) < 4.78 is 0. The summed E-state index contributed by atoms with van der Waals surface area (Å²) in [5, 5.41) is 0. The second-order valence-electron chi connectivity index (χ2n) is 3.56. The maximum absolute atomic E-state index is 11.0. The highest BCUT2D eigenvalue weighted by Crippen LogP contribution is 2.52. The van der Waals surface area contributed by atoms with Gasteiger partial charge in [-0.25, -0.2) is 0 Å². The van der Waals surface area contributed by atoms with E-state index >= 15 is 0 Å². The topological polar surface area (TPSA) is 34.1 Å². The van der Waals surface area contributed by atoms with Crippen molar-refractivity contribution in [3.63, 3.8) is 0 Å². The van der Waals surface area contributed by atoms with Crippen molar-refractivity contribution < 1.29 is 9.59 Å². The van der Waals surface area contributed by atoms with Crippen molar-refractivity contribution in [3.05, 3.63) is 0 Å². The molecule has 2 fully saturated rings. The normalized spacial score (nSPS) is 45.1. The van der Waals surface area contributed by atoms with E-state index < -0.39 is 0 Å². The number of carbonyl (C=O) groups is 2. The molecule has 0 bridgehead atoms. The van der Waals surface area contributed by atoms with E-state index in [1.807, 2.05) is 6.92 Å². The highest BCUT2D eigenvalue weighted by molar-refractivity contribution is 6.04. The van der Waals surface area contributed by atoms with Crippen LogP contribution in [0, 0.1) is 11.3 Å². The number of ketones is 2. The van der Waals surface area contributed by atoms with Crippen molar-refractivity contribution >= 4 is 11.6 Å². The van der Waals surface area contributed by atoms with Crippen molar-refractivity contribution in [2.45, 2.75) is 26.2 Å². The second-order valence-corrected chi connectivity index (χ2v) is 3.56. The largest absolute Gasteiger partial charge is 0.299 e. The molecule has 2 aliphatic carbocycles. The third-order valence-corrected chi connectivity index (χ3v) is 3.08. The minimum absolute atomic E-state index is 0.0972. The van der Waals surface area contributed by atoms with Crippen LogP contribution in [0.25, 0.3) is 0 Å². The van der Waals surface area contributed by atoms with E-state index in [1.165, 1.54) is 0 Å². The summed E-state index contributed by atoms with van der Waals surface area (Å²) in [7, 11) is 0. The van der Waals surface area contributed by atoms with E-state index in [4.69, 9.17) is 0 Å². The van der Waals surface area contributed by atoms with Crippen LogP contribution in [-0.4, -0.2) is 11.6 Å². The summed E-state index contributed by atoms with van der Waals surface area (Å²) in [6, 6.07) is 0. The summed E-state index contributed by atoms with van der Waals surface area (Å²) >= 11 is 0. The van der Waals surface area contributed by atoms with E-state index in [2.05, 4.69) is 0 Å². The molecule has 0 aromatic heterocycles. The number of rotatable bonds is 0. The summed E-state index contributed by atoms with van der Waals surface area (Å²) in [4.78, 5) is 22.1. The Morgan fingerprint density at radius 1 is 1.50 bits per heavy atom. The highest BCUT2D eigenvalue weighted by atomic mass is 16.1. The van der Waals surface area contributed by atoms with Crippen LogP contribution >= 0.6 is 0 Å². The average Bonchev–Trinajstić information content (AvgIpc) is 2.13. The first kappa shape index (κ1) is 6.08. The van der Waals surface area contributed by atoms with Gasteiger partial charge >= 0.3 is 0 Å². The summed E-state index contributed by atoms with van der Waals surface area (Å²) in [6.07, 6.45) is 1.96. The molecule has 0 heterocycles. The Morgan fingerprint density at radius 3 is 2.60 bits per heavy atom. The molecule has 0 spiro atoms. The van der Waals surface area contributed by atoms with E-state index in [1.54, 1.807) is 0 Å². The van der Waals surface area contributed by atoms with Gasteiger partial charge in [0.25, 0.3) is 0 Å². The van der Waals surface area contributed by atoms with E-state index in [-0.39, 0.29) is 11.3 Å². The Bertz CT molecular complexity index is 217. The fourth-order valence-corrected chi connectivity index (χ4v) is 2.05. The third kappa shape index (κ3) is 0.459. The quantitative estimate of drug-likeness (QED) is 0.499. The van der Waals surface area contributed by atoms with Gasteiger partial charge in [0.05, 0.1) is 0 Å². The lowest BCUT2D eigenvalue weighted by Crippen LogP contribution is -2.46. The Balaban J connectivity index is 2.32. The van der Waals surface area contributed by atoms with Gasteiger partial charge in [-0.15, -0.1) is 0 Å². The average molecular weight is 138 g/mol. The third-order valence-electron chi connectivity index (χ3n) is 3.08. The molecule has 10 heavy (non-hydrogen) atoms. The number of carbonyl (C=O) groups excluding carboxylic acids is 2. The van der Waals surface area contributed by atoms with Gasteiger partial charge < -0.3 is 0 Å². The molecule has 0 aromatic carbocycles. The first-order chi connectivity index (χ1) is 4.64. The fraction of sp³-hybridized carbons (Fsp3) is 0.750. The fourth-order valence-electron chi connectivity index (χ4n) is 2.05. The molecular weight excluding hydrogens is 128 g/mol. The zero-order chi connectivity index (χ0) is 7.35. The Kier molecular flexibility index (Phi) is 0.908. The molecule has 0 N–H and O–H groups in total. The van der Waals surface area contributed by atoms with Gasteiger partial charge in [0.15, 0.2) is 0 Å². The van der Waals surface area contributed by atoms with Crippen LogP contribution in [0.1, 0.15) is 26.2 Å². The standard InChI is InChI=1S/C8H10O2/c1-8-3-2-6(9)5(8)4-7(8)10/h5H,2-4H2,1H3/t5-,8+/m0/s1. The number of fused-ring (bicyclic) bond motifs is 1. The number of Topliss-reactive ketones (excluding diaryl/α,β-unsaturated/α-hetero) is 2. The molecule has 2 saturated carbocycles. The first-order valence-electron chi connectivity index (χ1n) is 3.70. The first-order valence-corrected chi connectivity index (χ1v) is 3.70. The lowest BCUT2D eigenvalue weighted by molar-refractivity contribution is -0.146. The summed E-state index contributed by atoms with van der Waals surface area (Å²) in [6.45, 7) is 1.92. The van der Waals surface area contributed by atoms with Crippen molar-refractivity contribution in [3.8, 4) is 0 Å². The van der Waals surface area contributed by atoms with Crippen LogP contribution in [0.2, 0.25) is 0 Å². The lowest BCUT2D eigenvalue weighted by atomic mass is 9.62. The molecule has 54 valence electrons. The Hall–Kier alpha value is -0.660. The SMILES string of the molecule is C[C@@]12CCC(=O)[C@@H]1CC2=O. The van der Waals surface area contributed by atoms with E-state index in [0.29, 0.717) is 24.4 Å². The molecule has 0 aliphatic heterocycles. The molecule has 0 radical (unpaired) electrons. The van der Waals surface area contributed by atoms with Crippen molar-refractivity contribution in [2.75, 3.05) is 0 Å². The molecule has 2 atom stereocenters. The monoisotopic (exact) mass is 138 g/mol. The van der Waals surface area contributed by atoms with Crippen LogP contribution in [0.5, 0.6) is 0 Å². The maximum atomic E-state index is 11.0. The molecule has 2 heteroatoms. The Morgan fingerprint density at radius 2 is 2.20 bits per heavy atom. The van der Waals surface area contributed by atoms with Gasteiger partial charge in [-0.3, -0.25) is 9.59 Å². The van der Waals surface area contributed by atoms with Gasteiger partial charge in [-0.2, -0.15) is 0 Å². The molecule has 2 nitrogen and oxygen atoms in total. The van der Waals surface area contributed by atoms with Gasteiger partial charge in [0.1, 0.15) is 11.6 Å². The van der Waals surface area contributed by atoms with Crippen molar-refractivity contribution in [1.29, 1.82) is 0 Å². The van der Waals surface area contributed by atoms with Crippen LogP contribution in [-0.2, 0) is 9.59 Å². The minimum Gasteiger partial charge on any atom is -0.299 e. The predicted molar refractivity (Wildman–Crippen MR) is 35.5 cm³/mol. The van der Waals surface area contributed by atoms with E-state index in [0.717, 1.165) is 6.42 Å². The molecule has 2 aliphatic rings. The maximum Gasteiger partial charge on any atom is 0.140 e. The molecular formula is C8H10O2. The smallest absolute Gasteiger partial charge is 0.140 e. The van der Waals surface area contributed by atoms with Crippen LogP contribution in [0.3, 0.4) is 0 Å². The lowest BCUT2D eigenvalue weighted by Gasteiger charge is -2.38. The molecule has 0 amide bonds. The predicted octanol–water partition coefficient (Wildman–Crippen LogP) is 0.945. The van der Waals surface area contributed by atoms with Crippen LogP contribution < -0.4 is 0 Å². The second kappa shape index (κ2) is 1.49.